The van der Waals surface area contributed by atoms with Gasteiger partial charge in [0.05, 0.1) is 48.2 Å². The first kappa shape index (κ1) is 20.2. The summed E-state index contributed by atoms with van der Waals surface area (Å²) in [5.74, 6) is -0.377. The molecule has 3 rings (SSSR count). The summed E-state index contributed by atoms with van der Waals surface area (Å²) in [4.78, 5) is 36.2. The van der Waals surface area contributed by atoms with Crippen molar-refractivity contribution in [3.63, 3.8) is 0 Å². The van der Waals surface area contributed by atoms with Gasteiger partial charge in [-0.05, 0) is 6.07 Å². The van der Waals surface area contributed by atoms with Gasteiger partial charge in [-0.15, -0.1) is 0 Å². The molecule has 0 aromatic heterocycles. The molecule has 0 unspecified atom stereocenters. The number of non-ortho nitro benzene ring substituents is 1. The lowest BCUT2D eigenvalue weighted by molar-refractivity contribution is -0.384. The summed E-state index contributed by atoms with van der Waals surface area (Å²) in [5.41, 5.74) is 0.508. The molecule has 0 saturated carbocycles. The van der Waals surface area contributed by atoms with E-state index in [1.807, 2.05) is 0 Å². The second kappa shape index (κ2) is 8.23. The van der Waals surface area contributed by atoms with Crippen molar-refractivity contribution >= 4 is 40.5 Å². The topological polar surface area (TPSA) is 120 Å². The Kier molecular flexibility index (Phi) is 5.74. The average molecular weight is 422 g/mol. The van der Waals surface area contributed by atoms with Crippen molar-refractivity contribution in [3.05, 3.63) is 45.5 Å². The molecule has 0 radical (unpaired) electrons. The lowest BCUT2D eigenvalue weighted by Gasteiger charge is -2.29. The molecule has 0 atom stereocenters. The fourth-order valence-corrected chi connectivity index (χ4v) is 3.05. The van der Waals surface area contributed by atoms with Crippen molar-refractivity contribution in [2.45, 2.75) is 0 Å². The van der Waals surface area contributed by atoms with E-state index < -0.39 is 16.8 Å². The minimum atomic E-state index is -0.628. The van der Waals surface area contributed by atoms with Gasteiger partial charge in [-0.3, -0.25) is 14.9 Å². The fourth-order valence-electron chi connectivity index (χ4n) is 2.82. The Morgan fingerprint density at radius 2 is 2.00 bits per heavy atom. The van der Waals surface area contributed by atoms with Gasteiger partial charge in [-0.1, -0.05) is 11.6 Å². The van der Waals surface area contributed by atoms with Crippen molar-refractivity contribution in [2.75, 3.05) is 37.5 Å². The van der Waals surface area contributed by atoms with Crippen LogP contribution < -0.4 is 24.4 Å². The highest BCUT2D eigenvalue weighted by Crippen LogP contribution is 2.37. The minimum Gasteiger partial charge on any atom is -0.495 e. The molecule has 1 aliphatic rings. The molecule has 29 heavy (non-hydrogen) atoms. The SMILES string of the molecule is COc1cc(NC(=O)CN2CC(=O)Oc3cc([N+](=O)[O-])ccc32)c(OC)cc1Cl. The van der Waals surface area contributed by atoms with Crippen molar-refractivity contribution in [3.8, 4) is 17.2 Å². The molecule has 0 fully saturated rings. The molecule has 0 aliphatic carbocycles. The van der Waals surface area contributed by atoms with Crippen molar-refractivity contribution in [1.29, 1.82) is 0 Å². The number of hydrogen-bond acceptors (Lipinski definition) is 8. The van der Waals surface area contributed by atoms with Crippen LogP contribution in [0.1, 0.15) is 0 Å². The fraction of sp³-hybridized carbons (Fsp3) is 0.222. The second-order valence-electron chi connectivity index (χ2n) is 5.97. The summed E-state index contributed by atoms with van der Waals surface area (Å²) in [6.45, 7) is -0.382. The second-order valence-corrected chi connectivity index (χ2v) is 6.38. The third-order valence-electron chi connectivity index (χ3n) is 4.12. The minimum absolute atomic E-state index is 0.0222. The van der Waals surface area contributed by atoms with E-state index in [2.05, 4.69) is 5.32 Å². The van der Waals surface area contributed by atoms with E-state index in [1.54, 1.807) is 0 Å². The van der Waals surface area contributed by atoms with Crippen molar-refractivity contribution in [1.82, 2.24) is 0 Å². The van der Waals surface area contributed by atoms with Crippen LogP contribution in [-0.4, -0.2) is 44.1 Å². The van der Waals surface area contributed by atoms with E-state index in [0.29, 0.717) is 27.9 Å². The number of benzene rings is 2. The van der Waals surface area contributed by atoms with Crippen molar-refractivity contribution < 1.29 is 28.7 Å². The predicted octanol–water partition coefficient (Wildman–Crippen LogP) is 2.63. The standard InChI is InChI=1S/C18H16ClN3O7/c1-27-14-7-12(15(28-2)6-11(14)19)20-17(23)8-21-9-18(24)29-16-5-10(22(25)26)3-4-13(16)21/h3-7H,8-9H2,1-2H3,(H,20,23). The van der Waals surface area contributed by atoms with E-state index in [9.17, 15) is 19.7 Å². The van der Waals surface area contributed by atoms with Gasteiger partial charge >= 0.3 is 5.97 Å². The van der Waals surface area contributed by atoms with Crippen molar-refractivity contribution in [2.24, 2.45) is 0 Å². The Labute approximate surface area is 170 Å². The third kappa shape index (κ3) is 4.32. The molecular weight excluding hydrogens is 406 g/mol. The van der Waals surface area contributed by atoms with E-state index in [4.69, 9.17) is 25.8 Å². The first-order chi connectivity index (χ1) is 13.8. The number of rotatable bonds is 6. The van der Waals surface area contributed by atoms with Gasteiger partial charge in [0.1, 0.15) is 18.0 Å². The van der Waals surface area contributed by atoms with Crippen LogP contribution in [0.15, 0.2) is 30.3 Å². The number of halogens is 1. The summed E-state index contributed by atoms with van der Waals surface area (Å²) in [6.07, 6.45) is 0. The number of nitro benzene ring substituents is 1. The number of nitrogens with zero attached hydrogens (tertiary/aromatic N) is 2. The Bertz CT molecular complexity index is 996. The zero-order chi connectivity index (χ0) is 21.1. The van der Waals surface area contributed by atoms with Crippen LogP contribution in [0.5, 0.6) is 17.2 Å². The van der Waals surface area contributed by atoms with Crippen LogP contribution in [0.2, 0.25) is 5.02 Å². The molecule has 1 amide bonds. The zero-order valence-corrected chi connectivity index (χ0v) is 16.2. The molecule has 1 aliphatic heterocycles. The normalized spacial score (nSPS) is 12.7. The number of anilines is 2. The number of nitrogens with one attached hydrogen (secondary N) is 1. The maximum atomic E-state index is 12.6. The number of hydrogen-bond donors (Lipinski definition) is 1. The summed E-state index contributed by atoms with van der Waals surface area (Å²) in [6, 6.07) is 6.86. The smallest absolute Gasteiger partial charge is 0.331 e. The Balaban J connectivity index is 1.82. The summed E-state index contributed by atoms with van der Waals surface area (Å²) in [5, 5.41) is 13.9. The van der Waals surface area contributed by atoms with Crippen LogP contribution in [0.4, 0.5) is 17.1 Å². The summed E-state index contributed by atoms with van der Waals surface area (Å²) < 4.78 is 15.4. The van der Waals surface area contributed by atoms with Crippen LogP contribution in [0.25, 0.3) is 0 Å². The molecule has 0 spiro atoms. The molecule has 10 nitrogen and oxygen atoms in total. The highest BCUT2D eigenvalue weighted by molar-refractivity contribution is 6.32. The number of esters is 1. The average Bonchev–Trinajstić information content (AvgIpc) is 2.68. The van der Waals surface area contributed by atoms with Gasteiger partial charge in [0.25, 0.3) is 5.69 Å². The highest BCUT2D eigenvalue weighted by Gasteiger charge is 2.28. The van der Waals surface area contributed by atoms with E-state index in [1.165, 1.54) is 43.4 Å². The number of amides is 1. The molecule has 1 heterocycles. The quantitative estimate of drug-likeness (QED) is 0.327. The van der Waals surface area contributed by atoms with Crippen LogP contribution >= 0.6 is 11.6 Å². The summed E-state index contributed by atoms with van der Waals surface area (Å²) >= 11 is 6.05. The molecule has 1 N–H and O–H groups in total. The first-order valence-electron chi connectivity index (χ1n) is 8.27. The monoisotopic (exact) mass is 421 g/mol. The maximum absolute atomic E-state index is 12.6. The van der Waals surface area contributed by atoms with E-state index in [-0.39, 0.29) is 24.5 Å². The van der Waals surface area contributed by atoms with Gasteiger partial charge in [-0.2, -0.15) is 0 Å². The Morgan fingerprint density at radius 1 is 1.28 bits per heavy atom. The molecule has 0 saturated heterocycles. The lowest BCUT2D eigenvalue weighted by atomic mass is 10.2. The maximum Gasteiger partial charge on any atom is 0.331 e. The lowest BCUT2D eigenvalue weighted by Crippen LogP contribution is -2.41. The highest BCUT2D eigenvalue weighted by atomic mass is 35.5. The molecule has 2 aromatic carbocycles. The number of carbonyl (C=O) groups is 2. The first-order valence-corrected chi connectivity index (χ1v) is 8.65. The van der Waals surface area contributed by atoms with Gasteiger partial charge in [0.15, 0.2) is 5.75 Å². The molecule has 0 bridgehead atoms. The van der Waals surface area contributed by atoms with E-state index in [0.717, 1.165) is 6.07 Å². The van der Waals surface area contributed by atoms with Crippen LogP contribution in [0.3, 0.4) is 0 Å². The number of ether oxygens (including phenoxy) is 3. The molecular formula is C18H16ClN3O7. The predicted molar refractivity (Wildman–Crippen MR) is 104 cm³/mol. The van der Waals surface area contributed by atoms with Crippen LogP contribution in [-0.2, 0) is 9.59 Å². The Morgan fingerprint density at radius 3 is 2.66 bits per heavy atom. The number of methoxy groups -OCH3 is 2. The van der Waals surface area contributed by atoms with Gasteiger partial charge in [-0.25, -0.2) is 4.79 Å². The number of fused-ring (bicyclic) bond motifs is 1. The number of nitro groups is 1. The largest absolute Gasteiger partial charge is 0.495 e. The molecule has 2 aromatic rings. The molecule has 11 heteroatoms. The Hall–Kier alpha value is -3.53. The van der Waals surface area contributed by atoms with Gasteiger partial charge < -0.3 is 24.4 Å². The van der Waals surface area contributed by atoms with Crippen LogP contribution in [0, 0.1) is 10.1 Å². The third-order valence-corrected chi connectivity index (χ3v) is 4.42. The summed E-state index contributed by atoms with van der Waals surface area (Å²) in [7, 11) is 2.87. The van der Waals surface area contributed by atoms with Gasteiger partial charge in [0, 0.05) is 18.2 Å². The van der Waals surface area contributed by atoms with E-state index >= 15 is 0 Å². The zero-order valence-electron chi connectivity index (χ0n) is 15.4. The number of carbonyl (C=O) groups excluding carboxylic acids is 2. The van der Waals surface area contributed by atoms with Gasteiger partial charge in [0.2, 0.25) is 5.91 Å². The molecule has 152 valence electrons.